The van der Waals surface area contributed by atoms with E-state index < -0.39 is 6.17 Å². The summed E-state index contributed by atoms with van der Waals surface area (Å²) in [5.74, 6) is 0.606. The van der Waals surface area contributed by atoms with E-state index in [0.717, 1.165) is 24.0 Å². The number of nitrogens with two attached hydrogens (primary N) is 1. The zero-order valence-electron chi connectivity index (χ0n) is 12.1. The molecule has 0 saturated carbocycles. The Hall–Kier alpha value is -1.62. The fraction of sp³-hybridized carbons (Fsp3) is 0.533. The lowest BCUT2D eigenvalue weighted by Gasteiger charge is -2.12. The van der Waals surface area contributed by atoms with Gasteiger partial charge < -0.3 is 15.8 Å². The van der Waals surface area contributed by atoms with Crippen LogP contribution in [0.3, 0.4) is 0 Å². The molecule has 0 bridgehead atoms. The van der Waals surface area contributed by atoms with E-state index in [1.54, 1.807) is 0 Å². The Morgan fingerprint density at radius 3 is 2.70 bits per heavy atom. The molecule has 20 heavy (non-hydrogen) atoms. The Labute approximate surface area is 119 Å². The van der Waals surface area contributed by atoms with Crippen LogP contribution in [-0.2, 0) is 17.6 Å². The molecule has 0 spiro atoms. The first-order valence-electron chi connectivity index (χ1n) is 6.89. The summed E-state index contributed by atoms with van der Waals surface area (Å²) in [6.07, 6.45) is 0.447. The standard InChI is InChI=1S/C15H23FN2O2/c1-3-12-6-13(4-5-18-11(2)19)8-15(7-12)20-10-14(16)9-17/h6-8,14H,3-5,9-10,17H2,1-2H3,(H,18,19)/t14-/m1/s1. The second-order valence-corrected chi connectivity index (χ2v) is 4.72. The summed E-state index contributed by atoms with van der Waals surface area (Å²) in [5, 5.41) is 2.75. The summed E-state index contributed by atoms with van der Waals surface area (Å²) in [5.41, 5.74) is 7.42. The molecule has 0 saturated heterocycles. The maximum atomic E-state index is 13.1. The molecule has 1 rings (SSSR count). The van der Waals surface area contributed by atoms with Gasteiger partial charge in [0.15, 0.2) is 0 Å². The number of rotatable bonds is 8. The van der Waals surface area contributed by atoms with Crippen LogP contribution in [0, 0.1) is 0 Å². The van der Waals surface area contributed by atoms with Crippen molar-refractivity contribution in [1.82, 2.24) is 5.32 Å². The molecule has 1 amide bonds. The molecule has 0 heterocycles. The molecule has 3 N–H and O–H groups in total. The van der Waals surface area contributed by atoms with Crippen molar-refractivity contribution in [3.05, 3.63) is 29.3 Å². The van der Waals surface area contributed by atoms with E-state index in [4.69, 9.17) is 10.5 Å². The molecule has 1 aromatic rings. The van der Waals surface area contributed by atoms with Gasteiger partial charge in [0.05, 0.1) is 0 Å². The van der Waals surface area contributed by atoms with Gasteiger partial charge >= 0.3 is 0 Å². The lowest BCUT2D eigenvalue weighted by atomic mass is 10.1. The topological polar surface area (TPSA) is 64.3 Å². The van der Waals surface area contributed by atoms with Crippen LogP contribution in [0.5, 0.6) is 5.75 Å². The molecule has 5 heteroatoms. The number of aryl methyl sites for hydroxylation is 1. The second kappa shape index (κ2) is 8.53. The SMILES string of the molecule is CCc1cc(CCNC(C)=O)cc(OC[C@H](F)CN)c1. The van der Waals surface area contributed by atoms with Crippen molar-refractivity contribution in [2.75, 3.05) is 19.7 Å². The Bertz CT molecular complexity index is 438. The van der Waals surface area contributed by atoms with Crippen LogP contribution in [0.1, 0.15) is 25.0 Å². The van der Waals surface area contributed by atoms with E-state index >= 15 is 0 Å². The highest BCUT2D eigenvalue weighted by atomic mass is 19.1. The number of hydrogen-bond acceptors (Lipinski definition) is 3. The van der Waals surface area contributed by atoms with Crippen molar-refractivity contribution in [3.63, 3.8) is 0 Å². The van der Waals surface area contributed by atoms with Crippen LogP contribution in [0.4, 0.5) is 4.39 Å². The van der Waals surface area contributed by atoms with Crippen molar-refractivity contribution in [1.29, 1.82) is 0 Å². The Morgan fingerprint density at radius 1 is 1.40 bits per heavy atom. The first kappa shape index (κ1) is 16.4. The van der Waals surface area contributed by atoms with Gasteiger partial charge in [-0.15, -0.1) is 0 Å². The highest BCUT2D eigenvalue weighted by molar-refractivity contribution is 5.72. The smallest absolute Gasteiger partial charge is 0.216 e. The summed E-state index contributed by atoms with van der Waals surface area (Å²) in [6, 6.07) is 5.86. The number of benzene rings is 1. The number of ether oxygens (including phenoxy) is 1. The molecule has 0 unspecified atom stereocenters. The lowest BCUT2D eigenvalue weighted by molar-refractivity contribution is -0.118. The fourth-order valence-electron chi connectivity index (χ4n) is 1.80. The number of halogens is 1. The average Bonchev–Trinajstić information content (AvgIpc) is 2.44. The lowest BCUT2D eigenvalue weighted by Crippen LogP contribution is -2.23. The number of alkyl halides is 1. The summed E-state index contributed by atoms with van der Waals surface area (Å²) < 4.78 is 18.5. The highest BCUT2D eigenvalue weighted by Gasteiger charge is 2.06. The third-order valence-corrected chi connectivity index (χ3v) is 2.91. The maximum Gasteiger partial charge on any atom is 0.216 e. The van der Waals surface area contributed by atoms with Crippen molar-refractivity contribution in [2.24, 2.45) is 5.73 Å². The number of amides is 1. The van der Waals surface area contributed by atoms with Gasteiger partial charge in [-0.2, -0.15) is 0 Å². The predicted octanol–water partition coefficient (Wildman–Crippen LogP) is 1.60. The third kappa shape index (κ3) is 6.02. The molecule has 1 aromatic carbocycles. The van der Waals surface area contributed by atoms with Gasteiger partial charge in [-0.1, -0.05) is 13.0 Å². The molecule has 0 aromatic heterocycles. The van der Waals surface area contributed by atoms with Crippen molar-refractivity contribution < 1.29 is 13.9 Å². The minimum atomic E-state index is -1.15. The fourth-order valence-corrected chi connectivity index (χ4v) is 1.80. The van der Waals surface area contributed by atoms with E-state index in [1.165, 1.54) is 6.92 Å². The zero-order chi connectivity index (χ0) is 15.0. The monoisotopic (exact) mass is 282 g/mol. The molecular weight excluding hydrogens is 259 g/mol. The molecular formula is C15H23FN2O2. The number of carbonyl (C=O) groups excluding carboxylic acids is 1. The summed E-state index contributed by atoms with van der Waals surface area (Å²) in [4.78, 5) is 10.8. The second-order valence-electron chi connectivity index (χ2n) is 4.72. The van der Waals surface area contributed by atoms with Crippen LogP contribution in [0.25, 0.3) is 0 Å². The van der Waals surface area contributed by atoms with Gasteiger partial charge in [0.1, 0.15) is 18.5 Å². The van der Waals surface area contributed by atoms with Gasteiger partial charge in [0.2, 0.25) is 5.91 Å². The minimum absolute atomic E-state index is 0.0329. The van der Waals surface area contributed by atoms with Gasteiger partial charge in [0.25, 0.3) is 0 Å². The van der Waals surface area contributed by atoms with Crippen molar-refractivity contribution >= 4 is 5.91 Å². The summed E-state index contributed by atoms with van der Waals surface area (Å²) in [6.45, 7) is 4.05. The van der Waals surface area contributed by atoms with Gasteiger partial charge in [0, 0.05) is 20.0 Å². The minimum Gasteiger partial charge on any atom is -0.490 e. The number of carbonyl (C=O) groups is 1. The largest absolute Gasteiger partial charge is 0.490 e. The third-order valence-electron chi connectivity index (χ3n) is 2.91. The van der Waals surface area contributed by atoms with Crippen LogP contribution in [0.15, 0.2) is 18.2 Å². The van der Waals surface area contributed by atoms with E-state index in [0.29, 0.717) is 12.3 Å². The molecule has 4 nitrogen and oxygen atoms in total. The quantitative estimate of drug-likeness (QED) is 0.761. The predicted molar refractivity (Wildman–Crippen MR) is 77.7 cm³/mol. The summed E-state index contributed by atoms with van der Waals surface area (Å²) in [7, 11) is 0. The molecule has 0 fully saturated rings. The van der Waals surface area contributed by atoms with E-state index in [-0.39, 0.29) is 19.1 Å². The Morgan fingerprint density at radius 2 is 2.10 bits per heavy atom. The molecule has 0 aliphatic carbocycles. The Balaban J connectivity index is 2.67. The molecule has 1 atom stereocenters. The number of hydrogen-bond donors (Lipinski definition) is 2. The molecule has 0 aliphatic rings. The van der Waals surface area contributed by atoms with E-state index in [2.05, 4.69) is 18.3 Å². The molecule has 0 radical (unpaired) electrons. The van der Waals surface area contributed by atoms with Crippen LogP contribution >= 0.6 is 0 Å². The van der Waals surface area contributed by atoms with Crippen molar-refractivity contribution in [2.45, 2.75) is 32.9 Å². The maximum absolute atomic E-state index is 13.1. The van der Waals surface area contributed by atoms with Gasteiger partial charge in [-0.25, -0.2) is 4.39 Å². The molecule has 112 valence electrons. The zero-order valence-corrected chi connectivity index (χ0v) is 12.1. The number of nitrogens with one attached hydrogen (secondary N) is 1. The van der Waals surface area contributed by atoms with Crippen LogP contribution in [0.2, 0.25) is 0 Å². The van der Waals surface area contributed by atoms with Gasteiger partial charge in [-0.05, 0) is 36.1 Å². The van der Waals surface area contributed by atoms with Crippen LogP contribution in [-0.4, -0.2) is 31.8 Å². The van der Waals surface area contributed by atoms with Gasteiger partial charge in [-0.3, -0.25) is 4.79 Å². The molecule has 0 aliphatic heterocycles. The average molecular weight is 282 g/mol. The first-order valence-corrected chi connectivity index (χ1v) is 6.89. The Kier molecular flexibility index (Phi) is 7.01. The van der Waals surface area contributed by atoms with E-state index in [1.807, 2.05) is 12.1 Å². The normalized spacial score (nSPS) is 12.0. The van der Waals surface area contributed by atoms with Crippen LogP contribution < -0.4 is 15.8 Å². The van der Waals surface area contributed by atoms with E-state index in [9.17, 15) is 9.18 Å². The highest BCUT2D eigenvalue weighted by Crippen LogP contribution is 2.18. The van der Waals surface area contributed by atoms with Crippen molar-refractivity contribution in [3.8, 4) is 5.75 Å². The first-order chi connectivity index (χ1) is 9.55. The summed E-state index contributed by atoms with van der Waals surface area (Å²) >= 11 is 0.